The largest absolute Gasteiger partial charge is 0.395 e. The van der Waals surface area contributed by atoms with Crippen molar-refractivity contribution in [3.63, 3.8) is 0 Å². The van der Waals surface area contributed by atoms with Crippen molar-refractivity contribution >= 4 is 45.8 Å². The fourth-order valence-corrected chi connectivity index (χ4v) is 4.15. The third-order valence-electron chi connectivity index (χ3n) is 4.95. The maximum Gasteiger partial charge on any atom is 0.290 e. The highest BCUT2D eigenvalue weighted by molar-refractivity contribution is 8.18. The number of aliphatic hydroxyl groups is 1. The molecule has 0 atom stereocenters. The highest BCUT2D eigenvalue weighted by Crippen LogP contribution is 2.25. The van der Waals surface area contributed by atoms with Gasteiger partial charge in [-0.15, -0.1) is 0 Å². The molecule has 0 spiro atoms. The van der Waals surface area contributed by atoms with E-state index in [4.69, 9.17) is 0 Å². The van der Waals surface area contributed by atoms with E-state index in [2.05, 4.69) is 10.3 Å². The predicted molar refractivity (Wildman–Crippen MR) is 122 cm³/mol. The number of hydrogen-bond acceptors (Lipinski definition) is 6. The van der Waals surface area contributed by atoms with E-state index in [9.17, 15) is 24.3 Å². The molecule has 3 aromatic rings. The lowest BCUT2D eigenvalue weighted by molar-refractivity contribution is -0.115. The van der Waals surface area contributed by atoms with Gasteiger partial charge >= 0.3 is 0 Å². The summed E-state index contributed by atoms with van der Waals surface area (Å²) in [5.74, 6) is -0.745. The first kappa shape index (κ1) is 21.5. The number of rotatable bonds is 6. The van der Waals surface area contributed by atoms with Crippen molar-refractivity contribution in [1.82, 2.24) is 15.2 Å². The second-order valence-electron chi connectivity index (χ2n) is 7.13. The Labute approximate surface area is 186 Å². The molecule has 32 heavy (non-hydrogen) atoms. The van der Waals surface area contributed by atoms with Gasteiger partial charge in [0.2, 0.25) is 5.56 Å². The van der Waals surface area contributed by atoms with E-state index in [1.54, 1.807) is 36.4 Å². The Kier molecular flexibility index (Phi) is 6.20. The summed E-state index contributed by atoms with van der Waals surface area (Å²) < 4.78 is 0. The van der Waals surface area contributed by atoms with Crippen LogP contribution in [0.2, 0.25) is 0 Å². The van der Waals surface area contributed by atoms with Crippen LogP contribution < -0.4 is 10.9 Å². The maximum absolute atomic E-state index is 13.1. The molecule has 2 aromatic carbocycles. The van der Waals surface area contributed by atoms with Gasteiger partial charge < -0.3 is 15.0 Å². The molecule has 1 aliphatic heterocycles. The van der Waals surface area contributed by atoms with Crippen LogP contribution in [0.5, 0.6) is 0 Å². The number of pyridine rings is 1. The number of benzene rings is 2. The van der Waals surface area contributed by atoms with Crippen molar-refractivity contribution in [2.24, 2.45) is 0 Å². The minimum Gasteiger partial charge on any atom is -0.395 e. The number of hydrogen-bond donors (Lipinski definition) is 3. The Bertz CT molecular complexity index is 1300. The van der Waals surface area contributed by atoms with Crippen LogP contribution in [0.15, 0.2) is 64.3 Å². The van der Waals surface area contributed by atoms with Gasteiger partial charge in [0.15, 0.2) is 0 Å². The van der Waals surface area contributed by atoms with Gasteiger partial charge in [0.1, 0.15) is 0 Å². The first-order chi connectivity index (χ1) is 15.4. The Morgan fingerprint density at radius 2 is 1.81 bits per heavy atom. The van der Waals surface area contributed by atoms with Crippen molar-refractivity contribution in [2.45, 2.75) is 6.54 Å². The summed E-state index contributed by atoms with van der Waals surface area (Å²) in [7, 11) is 0. The first-order valence-electron chi connectivity index (χ1n) is 9.80. The van der Waals surface area contributed by atoms with Crippen LogP contribution in [0.3, 0.4) is 0 Å². The van der Waals surface area contributed by atoms with Gasteiger partial charge in [-0.2, -0.15) is 0 Å². The number of nitrogens with zero attached hydrogens (tertiary/aromatic N) is 1. The topological polar surface area (TPSA) is 120 Å². The number of para-hydroxylation sites is 1. The monoisotopic (exact) mass is 449 g/mol. The smallest absolute Gasteiger partial charge is 0.290 e. The fraction of sp³-hybridized carbons (Fsp3) is 0.130. The van der Waals surface area contributed by atoms with Gasteiger partial charge in [-0.25, -0.2) is 0 Å². The van der Waals surface area contributed by atoms with E-state index in [-0.39, 0.29) is 36.1 Å². The lowest BCUT2D eigenvalue weighted by Crippen LogP contribution is -2.33. The molecule has 0 saturated carbocycles. The van der Waals surface area contributed by atoms with Gasteiger partial charge in [-0.3, -0.25) is 24.5 Å². The summed E-state index contributed by atoms with van der Waals surface area (Å²) in [6.45, 7) is 0.0383. The molecule has 1 aliphatic rings. The molecular formula is C23H19N3O5S. The van der Waals surface area contributed by atoms with Crippen LogP contribution in [-0.4, -0.2) is 45.2 Å². The SMILES string of the molecule is O=C1NC(=O)C(=Cc2ccc(C(=O)N(CCO)Cc3cc(=O)[nH]c4ccccc34)cc2)S1. The summed E-state index contributed by atoms with van der Waals surface area (Å²) >= 11 is 0.824. The summed E-state index contributed by atoms with van der Waals surface area (Å²) in [6, 6.07) is 15.4. The average molecular weight is 449 g/mol. The number of aromatic nitrogens is 1. The molecule has 0 unspecified atom stereocenters. The van der Waals surface area contributed by atoms with Crippen LogP contribution >= 0.6 is 11.8 Å². The van der Waals surface area contributed by atoms with Crippen molar-refractivity contribution in [3.8, 4) is 0 Å². The van der Waals surface area contributed by atoms with E-state index in [1.807, 2.05) is 18.2 Å². The van der Waals surface area contributed by atoms with Gasteiger partial charge in [-0.1, -0.05) is 30.3 Å². The molecule has 1 saturated heterocycles. The Balaban J connectivity index is 1.58. The average Bonchev–Trinajstić information content (AvgIpc) is 3.09. The van der Waals surface area contributed by atoms with E-state index in [0.29, 0.717) is 22.2 Å². The third-order valence-corrected chi connectivity index (χ3v) is 5.76. The number of amides is 3. The third kappa shape index (κ3) is 4.63. The standard InChI is InChI=1S/C23H19N3O5S/c27-10-9-26(13-16-12-20(28)24-18-4-2-1-3-17(16)18)22(30)15-7-5-14(6-8-15)11-19-21(29)25-23(31)32-19/h1-8,11-12,27H,9-10,13H2,(H,24,28)(H,25,29,31). The Morgan fingerprint density at radius 3 is 2.50 bits per heavy atom. The van der Waals surface area contributed by atoms with Crippen molar-refractivity contribution < 1.29 is 19.5 Å². The number of carbonyl (C=O) groups excluding carboxylic acids is 3. The van der Waals surface area contributed by atoms with Gasteiger partial charge in [-0.05, 0) is 47.2 Å². The van der Waals surface area contributed by atoms with Gasteiger partial charge in [0.25, 0.3) is 17.1 Å². The molecule has 9 heteroatoms. The van der Waals surface area contributed by atoms with Crippen LogP contribution in [0.1, 0.15) is 21.5 Å². The van der Waals surface area contributed by atoms with E-state index in [1.165, 1.54) is 11.0 Å². The highest BCUT2D eigenvalue weighted by Gasteiger charge is 2.25. The molecule has 0 bridgehead atoms. The number of aliphatic hydroxyl groups excluding tert-OH is 1. The van der Waals surface area contributed by atoms with Gasteiger partial charge in [0.05, 0.1) is 11.5 Å². The Hall–Kier alpha value is -3.69. The van der Waals surface area contributed by atoms with Crippen LogP contribution in [0, 0.1) is 0 Å². The molecule has 2 heterocycles. The summed E-state index contributed by atoms with van der Waals surface area (Å²) in [5, 5.41) is 12.1. The predicted octanol–water partition coefficient (Wildman–Crippen LogP) is 2.49. The lowest BCUT2D eigenvalue weighted by atomic mass is 10.1. The van der Waals surface area contributed by atoms with E-state index in [0.717, 1.165) is 17.1 Å². The number of carbonyl (C=O) groups is 3. The maximum atomic E-state index is 13.1. The number of H-pyrrole nitrogens is 1. The molecule has 1 fully saturated rings. The highest BCUT2D eigenvalue weighted by atomic mass is 32.2. The number of imide groups is 1. The van der Waals surface area contributed by atoms with Crippen LogP contribution in [0.25, 0.3) is 17.0 Å². The van der Waals surface area contributed by atoms with E-state index >= 15 is 0 Å². The molecule has 162 valence electrons. The van der Waals surface area contributed by atoms with Crippen LogP contribution in [0.4, 0.5) is 4.79 Å². The lowest BCUT2D eigenvalue weighted by Gasteiger charge is -2.23. The zero-order valence-electron chi connectivity index (χ0n) is 16.8. The Morgan fingerprint density at radius 1 is 1.06 bits per heavy atom. The second-order valence-corrected chi connectivity index (χ2v) is 8.14. The molecule has 8 nitrogen and oxygen atoms in total. The van der Waals surface area contributed by atoms with E-state index < -0.39 is 11.1 Å². The number of thioether (sulfide) groups is 1. The molecular weight excluding hydrogens is 430 g/mol. The first-order valence-corrected chi connectivity index (χ1v) is 10.6. The van der Waals surface area contributed by atoms with Crippen molar-refractivity contribution in [3.05, 3.63) is 86.5 Å². The normalized spacial score (nSPS) is 14.7. The molecule has 3 N–H and O–H groups in total. The fourth-order valence-electron chi connectivity index (χ4n) is 3.46. The summed E-state index contributed by atoms with van der Waals surface area (Å²) in [5.41, 5.74) is 2.16. The minimum absolute atomic E-state index is 0.102. The number of aromatic amines is 1. The van der Waals surface area contributed by atoms with Gasteiger partial charge in [0, 0.05) is 35.6 Å². The summed E-state index contributed by atoms with van der Waals surface area (Å²) in [4.78, 5) is 52.7. The molecule has 4 rings (SSSR count). The zero-order chi connectivity index (χ0) is 22.7. The van der Waals surface area contributed by atoms with Crippen molar-refractivity contribution in [1.29, 1.82) is 0 Å². The number of fused-ring (bicyclic) bond motifs is 1. The quantitative estimate of drug-likeness (QED) is 0.498. The molecule has 3 amide bonds. The molecule has 1 aromatic heterocycles. The summed E-state index contributed by atoms with van der Waals surface area (Å²) in [6.07, 6.45) is 1.58. The molecule has 0 radical (unpaired) electrons. The van der Waals surface area contributed by atoms with Crippen LogP contribution in [-0.2, 0) is 11.3 Å². The minimum atomic E-state index is -0.445. The van der Waals surface area contributed by atoms with Crippen molar-refractivity contribution in [2.75, 3.05) is 13.2 Å². The second kappa shape index (κ2) is 9.21. The zero-order valence-corrected chi connectivity index (χ0v) is 17.6. The molecule has 0 aliphatic carbocycles. The number of nitrogens with one attached hydrogen (secondary N) is 2.